The summed E-state index contributed by atoms with van der Waals surface area (Å²) in [5.41, 5.74) is 0.656. The highest BCUT2D eigenvalue weighted by Gasteiger charge is 2.36. The number of carbonyl (C=O) groups is 2. The summed E-state index contributed by atoms with van der Waals surface area (Å²) >= 11 is 0. The van der Waals surface area contributed by atoms with Crippen LogP contribution in [0.5, 0.6) is 0 Å². The Morgan fingerprint density at radius 2 is 1.79 bits per heavy atom. The third kappa shape index (κ3) is 4.01. The predicted octanol–water partition coefficient (Wildman–Crippen LogP) is 5.18. The molecule has 0 spiro atoms. The number of Topliss-reactive ketones (excluding diaryl/α,β-unsaturated/α-hetero) is 1. The normalized spacial score (nSPS) is 18.2. The topological polar surface area (TPSA) is 50.5 Å². The zero-order valence-electron chi connectivity index (χ0n) is 16.4. The molecule has 2 unspecified atom stereocenters. The third-order valence-electron chi connectivity index (χ3n) is 5.61. The highest BCUT2D eigenvalue weighted by atomic mass is 16.3. The number of amides is 1. The van der Waals surface area contributed by atoms with Crippen molar-refractivity contribution in [3.8, 4) is 0 Å². The molecular weight excluding hydrogens is 350 g/mol. The van der Waals surface area contributed by atoms with Crippen LogP contribution in [-0.2, 0) is 11.3 Å². The maximum Gasteiger partial charge on any atom is 0.223 e. The Balaban J connectivity index is 1.31. The Morgan fingerprint density at radius 3 is 2.54 bits per heavy atom. The number of rotatable bonds is 7. The SMILES string of the molecule is CC1CC1c1ccc(CN(C)C(=O)CCC(=O)c2ccc3ccccc3c2)o1. The summed E-state index contributed by atoms with van der Waals surface area (Å²) in [5, 5.41) is 2.14. The average molecular weight is 375 g/mol. The fourth-order valence-electron chi connectivity index (χ4n) is 3.64. The molecule has 4 heteroatoms. The van der Waals surface area contributed by atoms with Crippen LogP contribution in [0.25, 0.3) is 10.8 Å². The minimum absolute atomic E-state index is 0.00416. The Morgan fingerprint density at radius 1 is 1.04 bits per heavy atom. The van der Waals surface area contributed by atoms with Gasteiger partial charge in [-0.3, -0.25) is 9.59 Å². The van der Waals surface area contributed by atoms with Crippen LogP contribution in [0.15, 0.2) is 59.0 Å². The van der Waals surface area contributed by atoms with Crippen molar-refractivity contribution in [2.24, 2.45) is 5.92 Å². The predicted molar refractivity (Wildman–Crippen MR) is 109 cm³/mol. The van der Waals surface area contributed by atoms with E-state index in [0.29, 0.717) is 23.9 Å². The van der Waals surface area contributed by atoms with Gasteiger partial charge in [-0.25, -0.2) is 0 Å². The maximum atomic E-state index is 12.5. The minimum Gasteiger partial charge on any atom is -0.464 e. The van der Waals surface area contributed by atoms with E-state index in [2.05, 4.69) is 6.92 Å². The highest BCUT2D eigenvalue weighted by molar-refractivity contribution is 6.01. The van der Waals surface area contributed by atoms with E-state index in [1.165, 1.54) is 6.42 Å². The number of hydrogen-bond acceptors (Lipinski definition) is 3. The van der Waals surface area contributed by atoms with Gasteiger partial charge >= 0.3 is 0 Å². The van der Waals surface area contributed by atoms with E-state index in [-0.39, 0.29) is 24.5 Å². The highest BCUT2D eigenvalue weighted by Crippen LogP contribution is 2.47. The Bertz CT molecular complexity index is 1020. The first kappa shape index (κ1) is 18.5. The van der Waals surface area contributed by atoms with E-state index < -0.39 is 0 Å². The average Bonchev–Trinajstić information content (AvgIpc) is 3.26. The van der Waals surface area contributed by atoms with Gasteiger partial charge in [-0.05, 0) is 41.3 Å². The number of furan rings is 1. The Kier molecular flexibility index (Phi) is 5.03. The lowest BCUT2D eigenvalue weighted by Gasteiger charge is -2.15. The van der Waals surface area contributed by atoms with Crippen molar-refractivity contribution in [1.29, 1.82) is 0 Å². The molecule has 0 radical (unpaired) electrons. The molecular formula is C24H25NO3. The van der Waals surface area contributed by atoms with Crippen molar-refractivity contribution < 1.29 is 14.0 Å². The first-order chi connectivity index (χ1) is 13.5. The van der Waals surface area contributed by atoms with E-state index in [4.69, 9.17) is 4.42 Å². The van der Waals surface area contributed by atoms with Crippen LogP contribution in [-0.4, -0.2) is 23.6 Å². The standard InChI is InChI=1S/C24H25NO3/c1-16-13-21(16)23-11-9-20(28-23)15-25(2)24(27)12-10-22(26)19-8-7-17-5-3-4-6-18(17)14-19/h3-9,11,14,16,21H,10,12-13,15H2,1-2H3. The largest absolute Gasteiger partial charge is 0.464 e. The molecule has 4 rings (SSSR count). The van der Waals surface area contributed by atoms with Gasteiger partial charge in [-0.15, -0.1) is 0 Å². The molecule has 0 N–H and O–H groups in total. The molecule has 3 aromatic rings. The summed E-state index contributed by atoms with van der Waals surface area (Å²) in [6.45, 7) is 2.65. The zero-order chi connectivity index (χ0) is 19.7. The molecule has 0 saturated heterocycles. The minimum atomic E-state index is -0.0492. The lowest BCUT2D eigenvalue weighted by atomic mass is 10.0. The summed E-state index contributed by atoms with van der Waals surface area (Å²) in [6.07, 6.45) is 1.60. The second-order valence-electron chi connectivity index (χ2n) is 7.86. The first-order valence-electron chi connectivity index (χ1n) is 9.86. The second kappa shape index (κ2) is 7.63. The van der Waals surface area contributed by atoms with E-state index in [0.717, 1.165) is 22.3 Å². The number of nitrogens with zero attached hydrogens (tertiary/aromatic N) is 1. The van der Waals surface area contributed by atoms with Crippen LogP contribution >= 0.6 is 0 Å². The molecule has 28 heavy (non-hydrogen) atoms. The maximum absolute atomic E-state index is 12.5. The van der Waals surface area contributed by atoms with Gasteiger partial charge in [0.1, 0.15) is 11.5 Å². The smallest absolute Gasteiger partial charge is 0.223 e. The van der Waals surface area contributed by atoms with E-state index in [9.17, 15) is 9.59 Å². The molecule has 4 nitrogen and oxygen atoms in total. The Hall–Kier alpha value is -2.88. The molecule has 1 aromatic heterocycles. The Labute approximate surface area is 165 Å². The molecule has 144 valence electrons. The first-order valence-corrected chi connectivity index (χ1v) is 9.86. The third-order valence-corrected chi connectivity index (χ3v) is 5.61. The summed E-state index contributed by atoms with van der Waals surface area (Å²) in [6, 6.07) is 17.6. The van der Waals surface area contributed by atoms with Crippen molar-refractivity contribution >= 4 is 22.5 Å². The number of ketones is 1. The van der Waals surface area contributed by atoms with Crippen LogP contribution in [0.2, 0.25) is 0 Å². The van der Waals surface area contributed by atoms with Gasteiger partial charge in [0.05, 0.1) is 6.54 Å². The molecule has 2 atom stereocenters. The monoisotopic (exact) mass is 375 g/mol. The summed E-state index contributed by atoms with van der Waals surface area (Å²) in [4.78, 5) is 26.6. The summed E-state index contributed by atoms with van der Waals surface area (Å²) < 4.78 is 5.87. The number of benzene rings is 2. The summed E-state index contributed by atoms with van der Waals surface area (Å²) in [7, 11) is 1.75. The molecule has 0 aliphatic heterocycles. The molecule has 1 saturated carbocycles. The van der Waals surface area contributed by atoms with Gasteiger partial charge in [0.25, 0.3) is 0 Å². The molecule has 0 bridgehead atoms. The molecule has 1 aliphatic carbocycles. The molecule has 1 aliphatic rings. The van der Waals surface area contributed by atoms with Gasteiger partial charge in [-0.2, -0.15) is 0 Å². The van der Waals surface area contributed by atoms with Gasteiger partial charge in [0, 0.05) is 31.4 Å². The number of hydrogen-bond donors (Lipinski definition) is 0. The molecule has 1 fully saturated rings. The van der Waals surface area contributed by atoms with Gasteiger partial charge < -0.3 is 9.32 Å². The number of carbonyl (C=O) groups excluding carboxylic acids is 2. The van der Waals surface area contributed by atoms with Crippen LogP contribution in [0.4, 0.5) is 0 Å². The lowest BCUT2D eigenvalue weighted by Crippen LogP contribution is -2.26. The van der Waals surface area contributed by atoms with E-state index in [1.54, 1.807) is 11.9 Å². The quantitative estimate of drug-likeness (QED) is 0.535. The van der Waals surface area contributed by atoms with Crippen molar-refractivity contribution in [3.63, 3.8) is 0 Å². The van der Waals surface area contributed by atoms with Gasteiger partial charge in [0.2, 0.25) is 5.91 Å². The van der Waals surface area contributed by atoms with Gasteiger partial charge in [0.15, 0.2) is 5.78 Å². The fraction of sp³-hybridized carbons (Fsp3) is 0.333. The van der Waals surface area contributed by atoms with Crippen LogP contribution in [0.3, 0.4) is 0 Å². The van der Waals surface area contributed by atoms with Crippen LogP contribution in [0.1, 0.15) is 54.0 Å². The lowest BCUT2D eigenvalue weighted by molar-refractivity contribution is -0.130. The molecule has 1 heterocycles. The van der Waals surface area contributed by atoms with Crippen molar-refractivity contribution in [2.45, 2.75) is 38.6 Å². The van der Waals surface area contributed by atoms with Crippen molar-refractivity contribution in [2.75, 3.05) is 7.05 Å². The molecule has 1 amide bonds. The molecule has 2 aromatic carbocycles. The number of fused-ring (bicyclic) bond motifs is 1. The van der Waals surface area contributed by atoms with E-state index >= 15 is 0 Å². The van der Waals surface area contributed by atoms with Crippen LogP contribution in [0, 0.1) is 5.92 Å². The fourth-order valence-corrected chi connectivity index (χ4v) is 3.64. The van der Waals surface area contributed by atoms with E-state index in [1.807, 2.05) is 54.6 Å². The zero-order valence-corrected chi connectivity index (χ0v) is 16.4. The second-order valence-corrected chi connectivity index (χ2v) is 7.86. The van der Waals surface area contributed by atoms with Crippen molar-refractivity contribution in [1.82, 2.24) is 4.90 Å². The van der Waals surface area contributed by atoms with Crippen molar-refractivity contribution in [3.05, 3.63) is 71.7 Å². The van der Waals surface area contributed by atoms with Gasteiger partial charge in [-0.1, -0.05) is 43.3 Å². The van der Waals surface area contributed by atoms with Crippen LogP contribution < -0.4 is 0 Å². The summed E-state index contributed by atoms with van der Waals surface area (Å²) in [5.74, 6) is 3.00.